The zero-order valence-electron chi connectivity index (χ0n) is 6.59. The quantitative estimate of drug-likeness (QED) is 0.443. The second-order valence-corrected chi connectivity index (χ2v) is 3.34. The summed E-state index contributed by atoms with van der Waals surface area (Å²) in [6, 6.07) is 4.41. The van der Waals surface area contributed by atoms with Crippen LogP contribution in [0.5, 0.6) is 0 Å². The zero-order chi connectivity index (χ0) is 8.97. The minimum atomic E-state index is -0.296. The Hall–Kier alpha value is -0.960. The van der Waals surface area contributed by atoms with E-state index in [1.165, 1.54) is 12.1 Å². The lowest BCUT2D eigenvalue weighted by atomic mass is 10.3. The van der Waals surface area contributed by atoms with Crippen LogP contribution in [0.4, 0.5) is 10.1 Å². The molecule has 2 N–H and O–H groups in total. The molecule has 64 valence electrons. The highest BCUT2D eigenvalue weighted by Crippen LogP contribution is 2.25. The average Bonchev–Trinajstić information content (AvgIpc) is 2.03. The summed E-state index contributed by atoms with van der Waals surface area (Å²) in [5.74, 6) is 0.492. The van der Waals surface area contributed by atoms with Crippen molar-refractivity contribution in [2.24, 2.45) is 0 Å². The second kappa shape index (κ2) is 4.16. The maximum Gasteiger partial charge on any atom is 0.125 e. The van der Waals surface area contributed by atoms with Gasteiger partial charge in [-0.05, 0) is 18.2 Å². The molecule has 0 aliphatic carbocycles. The van der Waals surface area contributed by atoms with E-state index >= 15 is 0 Å². The van der Waals surface area contributed by atoms with Gasteiger partial charge in [-0.3, -0.25) is 0 Å². The summed E-state index contributed by atoms with van der Waals surface area (Å²) in [5.41, 5.74) is 6.05. The van der Waals surface area contributed by atoms with Crippen molar-refractivity contribution < 1.29 is 4.39 Å². The van der Waals surface area contributed by atoms with Gasteiger partial charge in [-0.2, -0.15) is 0 Å². The summed E-state index contributed by atoms with van der Waals surface area (Å²) < 4.78 is 12.6. The molecule has 0 amide bonds. The summed E-state index contributed by atoms with van der Waals surface area (Å²) in [7, 11) is 0. The Labute approximate surface area is 75.5 Å². The molecule has 0 radical (unpaired) electrons. The molecule has 0 saturated heterocycles. The third-order valence-corrected chi connectivity index (χ3v) is 2.41. The fourth-order valence-electron chi connectivity index (χ4n) is 0.799. The molecule has 0 aliphatic heterocycles. The predicted octanol–water partition coefficient (Wildman–Crippen LogP) is 2.69. The fraction of sp³-hybridized carbons (Fsp3) is 0.111. The van der Waals surface area contributed by atoms with Crippen LogP contribution in [0.3, 0.4) is 0 Å². The molecular formula is C9H10FNS. The molecule has 3 heteroatoms. The lowest BCUT2D eigenvalue weighted by molar-refractivity contribution is 0.627. The highest BCUT2D eigenvalue weighted by Gasteiger charge is 1.99. The summed E-state index contributed by atoms with van der Waals surface area (Å²) >= 11 is 1.55. The Balaban J connectivity index is 2.78. The van der Waals surface area contributed by atoms with Gasteiger partial charge in [0.05, 0.1) is 0 Å². The predicted molar refractivity (Wildman–Crippen MR) is 51.7 cm³/mol. The number of nitrogen functional groups attached to an aromatic ring is 1. The molecule has 0 saturated carbocycles. The van der Waals surface area contributed by atoms with Crippen LogP contribution in [0.2, 0.25) is 0 Å². The van der Waals surface area contributed by atoms with Crippen molar-refractivity contribution in [1.82, 2.24) is 0 Å². The van der Waals surface area contributed by atoms with Gasteiger partial charge in [-0.15, -0.1) is 18.3 Å². The number of thioether (sulfide) groups is 1. The van der Waals surface area contributed by atoms with Crippen LogP contribution in [0.1, 0.15) is 0 Å². The van der Waals surface area contributed by atoms with Crippen LogP contribution < -0.4 is 5.73 Å². The molecule has 0 fully saturated rings. The monoisotopic (exact) mass is 183 g/mol. The van der Waals surface area contributed by atoms with Crippen LogP contribution in [0.15, 0.2) is 35.7 Å². The molecule has 0 spiro atoms. The third-order valence-electron chi connectivity index (χ3n) is 1.33. The van der Waals surface area contributed by atoms with Gasteiger partial charge < -0.3 is 5.73 Å². The van der Waals surface area contributed by atoms with E-state index in [-0.39, 0.29) is 5.82 Å². The summed E-state index contributed by atoms with van der Waals surface area (Å²) in [5, 5.41) is 0. The highest BCUT2D eigenvalue weighted by molar-refractivity contribution is 7.99. The van der Waals surface area contributed by atoms with Gasteiger partial charge in [-0.1, -0.05) is 6.08 Å². The molecule has 0 unspecified atom stereocenters. The van der Waals surface area contributed by atoms with Crippen molar-refractivity contribution in [3.63, 3.8) is 0 Å². The van der Waals surface area contributed by atoms with Gasteiger partial charge in [-0.25, -0.2) is 4.39 Å². The smallest absolute Gasteiger partial charge is 0.125 e. The maximum atomic E-state index is 12.6. The topological polar surface area (TPSA) is 26.0 Å². The second-order valence-electron chi connectivity index (χ2n) is 2.28. The van der Waals surface area contributed by atoms with Crippen LogP contribution in [-0.4, -0.2) is 5.75 Å². The number of halogens is 1. The fourth-order valence-corrected chi connectivity index (χ4v) is 1.49. The molecule has 0 bridgehead atoms. The zero-order valence-corrected chi connectivity index (χ0v) is 7.40. The van der Waals surface area contributed by atoms with Crippen molar-refractivity contribution in [1.29, 1.82) is 0 Å². The highest BCUT2D eigenvalue weighted by atomic mass is 32.2. The molecule has 1 aromatic carbocycles. The number of rotatable bonds is 3. The lowest BCUT2D eigenvalue weighted by Gasteiger charge is -2.02. The largest absolute Gasteiger partial charge is 0.398 e. The van der Waals surface area contributed by atoms with Crippen molar-refractivity contribution in [2.45, 2.75) is 4.90 Å². The summed E-state index contributed by atoms with van der Waals surface area (Å²) in [6.07, 6.45) is 1.79. The molecule has 0 atom stereocenters. The molecule has 0 heterocycles. The third kappa shape index (κ3) is 2.27. The first kappa shape index (κ1) is 9.13. The Morgan fingerprint density at radius 2 is 2.33 bits per heavy atom. The number of benzene rings is 1. The first-order valence-electron chi connectivity index (χ1n) is 3.52. The van der Waals surface area contributed by atoms with E-state index in [0.29, 0.717) is 5.69 Å². The van der Waals surface area contributed by atoms with E-state index in [1.54, 1.807) is 23.9 Å². The van der Waals surface area contributed by atoms with Gasteiger partial charge in [0.2, 0.25) is 0 Å². The molecular weight excluding hydrogens is 173 g/mol. The number of nitrogens with two attached hydrogens (primary N) is 1. The molecule has 1 rings (SSSR count). The Kier molecular flexibility index (Phi) is 3.17. The number of hydrogen-bond acceptors (Lipinski definition) is 2. The maximum absolute atomic E-state index is 12.6. The van der Waals surface area contributed by atoms with E-state index in [0.717, 1.165) is 10.6 Å². The summed E-state index contributed by atoms with van der Waals surface area (Å²) in [6.45, 7) is 3.59. The minimum Gasteiger partial charge on any atom is -0.398 e. The van der Waals surface area contributed by atoms with Crippen molar-refractivity contribution in [3.8, 4) is 0 Å². The normalized spacial score (nSPS) is 9.75. The molecule has 1 aromatic rings. The minimum absolute atomic E-state index is 0.296. The van der Waals surface area contributed by atoms with Crippen molar-refractivity contribution in [2.75, 3.05) is 11.5 Å². The number of hydrogen-bond donors (Lipinski definition) is 1. The van der Waals surface area contributed by atoms with Crippen molar-refractivity contribution in [3.05, 3.63) is 36.7 Å². The Morgan fingerprint density at radius 3 is 2.92 bits per heavy atom. The molecule has 1 nitrogen and oxygen atoms in total. The van der Waals surface area contributed by atoms with Gasteiger partial charge in [0.25, 0.3) is 0 Å². The summed E-state index contributed by atoms with van der Waals surface area (Å²) in [4.78, 5) is 0.899. The van der Waals surface area contributed by atoms with Gasteiger partial charge >= 0.3 is 0 Å². The van der Waals surface area contributed by atoms with E-state index in [2.05, 4.69) is 6.58 Å². The molecule has 12 heavy (non-hydrogen) atoms. The van der Waals surface area contributed by atoms with E-state index in [1.807, 2.05) is 0 Å². The van der Waals surface area contributed by atoms with Crippen LogP contribution >= 0.6 is 11.8 Å². The lowest BCUT2D eigenvalue weighted by Crippen LogP contribution is -1.89. The number of anilines is 1. The van der Waals surface area contributed by atoms with E-state index < -0.39 is 0 Å². The molecule has 0 aromatic heterocycles. The van der Waals surface area contributed by atoms with Crippen LogP contribution in [0, 0.1) is 5.82 Å². The standard InChI is InChI=1S/C9H10FNS/c1-2-5-12-9-4-3-7(10)6-8(9)11/h2-4,6H,1,5,11H2. The Bertz CT molecular complexity index is 286. The van der Waals surface area contributed by atoms with E-state index in [9.17, 15) is 4.39 Å². The van der Waals surface area contributed by atoms with Gasteiger partial charge in [0, 0.05) is 16.3 Å². The first-order valence-corrected chi connectivity index (χ1v) is 4.51. The molecule has 0 aliphatic rings. The van der Waals surface area contributed by atoms with Crippen LogP contribution in [-0.2, 0) is 0 Å². The van der Waals surface area contributed by atoms with Gasteiger partial charge in [0.1, 0.15) is 5.82 Å². The van der Waals surface area contributed by atoms with E-state index in [4.69, 9.17) is 5.73 Å². The first-order chi connectivity index (χ1) is 5.74. The van der Waals surface area contributed by atoms with Crippen LogP contribution in [0.25, 0.3) is 0 Å². The van der Waals surface area contributed by atoms with Gasteiger partial charge in [0.15, 0.2) is 0 Å². The van der Waals surface area contributed by atoms with Crippen molar-refractivity contribution >= 4 is 17.4 Å². The Morgan fingerprint density at radius 1 is 1.58 bits per heavy atom. The SMILES string of the molecule is C=CCSc1ccc(F)cc1N. The average molecular weight is 183 g/mol.